The fourth-order valence-corrected chi connectivity index (χ4v) is 4.91. The fraction of sp³-hybridized carbons (Fsp3) is 0.400. The van der Waals surface area contributed by atoms with Crippen molar-refractivity contribution in [2.75, 3.05) is 41.3 Å². The highest BCUT2D eigenvalue weighted by Gasteiger charge is 2.16. The lowest BCUT2D eigenvalue weighted by Crippen LogP contribution is -2.33. The lowest BCUT2D eigenvalue weighted by molar-refractivity contribution is 0.112. The van der Waals surface area contributed by atoms with Gasteiger partial charge in [0.15, 0.2) is 0 Å². The number of benzene rings is 3. The Balaban J connectivity index is 0.000000945. The maximum Gasteiger partial charge on any atom is 0.150 e. The normalized spacial score (nSPS) is 11.5. The van der Waals surface area contributed by atoms with Crippen LogP contribution >= 0.6 is 11.9 Å². The molecule has 3 aromatic rings. The molecule has 1 atom stereocenters. The van der Waals surface area contributed by atoms with Gasteiger partial charge in [-0.25, -0.2) is 0 Å². The van der Waals surface area contributed by atoms with Gasteiger partial charge in [0.25, 0.3) is 0 Å². The van der Waals surface area contributed by atoms with E-state index in [1.165, 1.54) is 11.9 Å². The molecule has 0 aliphatic carbocycles. The minimum Gasteiger partial charge on any atom is -0.497 e. The second kappa shape index (κ2) is 22.1. The summed E-state index contributed by atoms with van der Waals surface area (Å²) in [5.74, 6) is 0.871. The second-order valence-corrected chi connectivity index (χ2v) is 11.1. The third kappa shape index (κ3) is 14.3. The summed E-state index contributed by atoms with van der Waals surface area (Å²) in [5.41, 5.74) is 11.1. The van der Waals surface area contributed by atoms with Crippen LogP contribution in [-0.2, 0) is 12.8 Å². The SMILES string of the molecule is CC.CCCc1cc(OC)ccc1N=C(C)C(Cc1cccc(C(=N)N)c1)NSc1cccc(C=O)c1.CNCCN(C)C. The van der Waals surface area contributed by atoms with Crippen molar-refractivity contribution in [3.05, 3.63) is 89.0 Å². The minimum atomic E-state index is -0.0985. The van der Waals surface area contributed by atoms with E-state index < -0.39 is 0 Å². The van der Waals surface area contributed by atoms with Crippen molar-refractivity contribution >= 4 is 35.5 Å². The molecule has 0 aliphatic heterocycles. The first kappa shape index (κ1) is 38.5. The van der Waals surface area contributed by atoms with E-state index in [2.05, 4.69) is 36.0 Å². The number of aliphatic imine (C=N–C) groups is 1. The number of nitrogens with zero attached hydrogens (tertiary/aromatic N) is 2. The average Bonchev–Trinajstić information content (AvgIpc) is 3.04. The highest BCUT2D eigenvalue weighted by molar-refractivity contribution is 7.97. The molecule has 0 bridgehead atoms. The quantitative estimate of drug-likeness (QED) is 0.0660. The van der Waals surface area contributed by atoms with Crippen LogP contribution in [0.25, 0.3) is 0 Å². The Morgan fingerprint density at radius 3 is 2.43 bits per heavy atom. The number of likely N-dealkylation sites (N-methyl/N-ethyl adjacent to an activating group) is 2. The predicted octanol–water partition coefficient (Wildman–Crippen LogP) is 6.54. The Hall–Kier alpha value is -3.50. The van der Waals surface area contributed by atoms with Crippen molar-refractivity contribution in [1.82, 2.24) is 14.9 Å². The summed E-state index contributed by atoms with van der Waals surface area (Å²) in [5, 5.41) is 10.8. The summed E-state index contributed by atoms with van der Waals surface area (Å²) in [4.78, 5) is 19.3. The molecule has 0 aromatic heterocycles. The predicted molar refractivity (Wildman–Crippen MR) is 189 cm³/mol. The molecular weight excluding hydrogens is 568 g/mol. The van der Waals surface area contributed by atoms with Crippen molar-refractivity contribution in [1.29, 1.82) is 5.41 Å². The molecular formula is C35H52N6O2S. The van der Waals surface area contributed by atoms with Gasteiger partial charge in [0, 0.05) is 34.8 Å². The molecule has 0 fully saturated rings. The lowest BCUT2D eigenvalue weighted by atomic mass is 10.0. The van der Waals surface area contributed by atoms with E-state index in [-0.39, 0.29) is 11.9 Å². The lowest BCUT2D eigenvalue weighted by Gasteiger charge is -2.20. The number of hydrogen-bond acceptors (Lipinski definition) is 8. The van der Waals surface area contributed by atoms with Gasteiger partial charge in [-0.2, -0.15) is 0 Å². The van der Waals surface area contributed by atoms with Crippen LogP contribution in [0, 0.1) is 5.41 Å². The zero-order valence-electron chi connectivity index (χ0n) is 27.7. The monoisotopic (exact) mass is 620 g/mol. The molecule has 0 saturated heterocycles. The van der Waals surface area contributed by atoms with Gasteiger partial charge >= 0.3 is 0 Å². The Morgan fingerprint density at radius 1 is 1.11 bits per heavy atom. The summed E-state index contributed by atoms with van der Waals surface area (Å²) in [6, 6.07) is 21.1. The third-order valence-corrected chi connectivity index (χ3v) is 7.30. The fourth-order valence-electron chi connectivity index (χ4n) is 4.04. The number of carbonyl (C=O) groups is 1. The Kier molecular flexibility index (Phi) is 19.3. The number of nitrogens with one attached hydrogen (secondary N) is 3. The minimum absolute atomic E-state index is 0.0456. The summed E-state index contributed by atoms with van der Waals surface area (Å²) < 4.78 is 8.95. The van der Waals surface area contributed by atoms with Gasteiger partial charge in [-0.15, -0.1) is 0 Å². The zero-order chi connectivity index (χ0) is 32.9. The van der Waals surface area contributed by atoms with Crippen LogP contribution in [0.4, 0.5) is 5.69 Å². The van der Waals surface area contributed by atoms with Crippen LogP contribution in [0.3, 0.4) is 0 Å². The summed E-state index contributed by atoms with van der Waals surface area (Å²) in [6.45, 7) is 10.4. The molecule has 3 rings (SSSR count). The van der Waals surface area contributed by atoms with Gasteiger partial charge in [-0.1, -0.05) is 57.5 Å². The molecule has 9 heteroatoms. The van der Waals surface area contributed by atoms with Crippen molar-refractivity contribution < 1.29 is 9.53 Å². The first-order valence-electron chi connectivity index (χ1n) is 15.1. The number of rotatable bonds is 15. The molecule has 0 saturated carbocycles. The van der Waals surface area contributed by atoms with Crippen LogP contribution in [0.15, 0.2) is 76.6 Å². The number of methoxy groups -OCH3 is 1. The molecule has 0 amide bonds. The number of aldehydes is 1. The number of nitrogen functional groups attached to an aromatic ring is 1. The van der Waals surface area contributed by atoms with E-state index in [9.17, 15) is 4.79 Å². The molecule has 240 valence electrons. The Bertz CT molecular complexity index is 1310. The number of nitrogens with two attached hydrogens (primary N) is 1. The number of amidine groups is 1. The standard InChI is InChI=1S/C28H32N4O2S.C5H14N2.C2H6/c1-4-7-22-17-24(34-3)12-13-26(22)31-19(2)27(16-20-8-5-10-23(14-20)28(29)30)32-35-25-11-6-9-21(15-25)18-33;1-6-4-5-7(2)3;1-2/h5-6,8-15,17-18,27,32H,4,7,16H2,1-3H3,(H3,29,30);6H,4-5H2,1-3H3;1-2H3. The van der Waals surface area contributed by atoms with Crippen molar-refractivity contribution in [2.24, 2.45) is 10.7 Å². The molecule has 3 aromatic carbocycles. The molecule has 8 nitrogen and oxygen atoms in total. The maximum absolute atomic E-state index is 11.2. The molecule has 0 radical (unpaired) electrons. The number of carbonyl (C=O) groups excluding carboxylic acids is 1. The first-order valence-corrected chi connectivity index (χ1v) is 15.9. The van der Waals surface area contributed by atoms with Crippen molar-refractivity contribution in [3.8, 4) is 5.75 Å². The van der Waals surface area contributed by atoms with Crippen molar-refractivity contribution in [3.63, 3.8) is 0 Å². The average molecular weight is 621 g/mol. The van der Waals surface area contributed by atoms with Crippen LogP contribution in [0.2, 0.25) is 0 Å². The second-order valence-electron chi connectivity index (χ2n) is 10.2. The van der Waals surface area contributed by atoms with Crippen LogP contribution in [0.1, 0.15) is 61.2 Å². The number of hydrogen-bond donors (Lipinski definition) is 4. The van der Waals surface area contributed by atoms with Gasteiger partial charge in [0.05, 0.1) is 18.8 Å². The molecule has 1 unspecified atom stereocenters. The van der Waals surface area contributed by atoms with E-state index in [0.717, 1.165) is 65.4 Å². The van der Waals surface area contributed by atoms with Gasteiger partial charge in [0.2, 0.25) is 0 Å². The van der Waals surface area contributed by atoms with E-state index in [4.69, 9.17) is 20.9 Å². The van der Waals surface area contributed by atoms with E-state index in [1.54, 1.807) is 13.2 Å². The number of ether oxygens (including phenoxy) is 1. The summed E-state index contributed by atoms with van der Waals surface area (Å²) >= 11 is 1.47. The van der Waals surface area contributed by atoms with Crippen LogP contribution in [-0.4, -0.2) is 70.1 Å². The van der Waals surface area contributed by atoms with Gasteiger partial charge < -0.3 is 20.7 Å². The third-order valence-electron chi connectivity index (χ3n) is 6.41. The van der Waals surface area contributed by atoms with Crippen molar-refractivity contribution in [2.45, 2.75) is 57.9 Å². The van der Waals surface area contributed by atoms with Gasteiger partial charge in [0.1, 0.15) is 17.9 Å². The molecule has 5 N–H and O–H groups in total. The smallest absolute Gasteiger partial charge is 0.150 e. The molecule has 44 heavy (non-hydrogen) atoms. The summed E-state index contributed by atoms with van der Waals surface area (Å²) in [7, 11) is 7.77. The topological polar surface area (TPSA) is 116 Å². The summed E-state index contributed by atoms with van der Waals surface area (Å²) in [6.07, 6.45) is 3.43. The number of aryl methyl sites for hydroxylation is 1. The van der Waals surface area contributed by atoms with E-state index in [0.29, 0.717) is 17.5 Å². The zero-order valence-corrected chi connectivity index (χ0v) is 28.6. The van der Waals surface area contributed by atoms with Crippen LogP contribution < -0.4 is 20.5 Å². The maximum atomic E-state index is 11.2. The van der Waals surface area contributed by atoms with Gasteiger partial charge in [-0.05, 0) is 100 Å². The highest BCUT2D eigenvalue weighted by atomic mass is 32.2. The highest BCUT2D eigenvalue weighted by Crippen LogP contribution is 2.27. The van der Waals surface area contributed by atoms with E-state index >= 15 is 0 Å². The first-order chi connectivity index (χ1) is 21.2. The van der Waals surface area contributed by atoms with Crippen LogP contribution in [0.5, 0.6) is 5.75 Å². The van der Waals surface area contributed by atoms with E-state index in [1.807, 2.05) is 88.5 Å². The molecule has 0 heterocycles. The Morgan fingerprint density at radius 2 is 1.84 bits per heavy atom. The van der Waals surface area contributed by atoms with Gasteiger partial charge in [-0.3, -0.25) is 19.9 Å². The Labute approximate surface area is 269 Å². The largest absolute Gasteiger partial charge is 0.497 e. The molecule has 0 aliphatic rings. The molecule has 0 spiro atoms.